The first-order chi connectivity index (χ1) is 15.1. The molecule has 2 aliphatic rings. The summed E-state index contributed by atoms with van der Waals surface area (Å²) in [5, 5.41) is 1.64. The molecule has 156 valence electrons. The van der Waals surface area contributed by atoms with Crippen molar-refractivity contribution in [3.05, 3.63) is 90.2 Å². The normalized spacial score (nSPS) is 22.8. The van der Waals surface area contributed by atoms with Crippen molar-refractivity contribution >= 4 is 35.0 Å². The van der Waals surface area contributed by atoms with Gasteiger partial charge in [0.15, 0.2) is 6.10 Å². The van der Waals surface area contributed by atoms with Gasteiger partial charge in [0, 0.05) is 4.90 Å². The summed E-state index contributed by atoms with van der Waals surface area (Å²) in [6.45, 7) is 0. The van der Waals surface area contributed by atoms with Crippen LogP contribution in [0.2, 0.25) is 0 Å². The van der Waals surface area contributed by atoms with E-state index in [2.05, 4.69) is 0 Å². The maximum atomic E-state index is 14.4. The molecule has 2 fully saturated rings. The second-order valence-electron chi connectivity index (χ2n) is 7.39. The monoisotopic (exact) mass is 434 g/mol. The summed E-state index contributed by atoms with van der Waals surface area (Å²) in [7, 11) is 0. The SMILES string of the molecule is CSc1ccc([C@@H]2[C@@H]3C(=O)N(c4ccccc4F)C(=O)[C@H]3ON2c2ccccc2)cc1. The minimum Gasteiger partial charge on any atom is -0.273 e. The fraction of sp³-hybridized carbons (Fsp3) is 0.167. The summed E-state index contributed by atoms with van der Waals surface area (Å²) in [5.41, 5.74) is 1.55. The van der Waals surface area contributed by atoms with Crippen molar-refractivity contribution in [1.29, 1.82) is 0 Å². The average Bonchev–Trinajstić information content (AvgIpc) is 3.31. The molecule has 0 unspecified atom stereocenters. The van der Waals surface area contributed by atoms with Crippen LogP contribution in [0, 0.1) is 11.7 Å². The van der Waals surface area contributed by atoms with Crippen molar-refractivity contribution < 1.29 is 18.8 Å². The highest BCUT2D eigenvalue weighted by atomic mass is 32.2. The number of hydrogen-bond acceptors (Lipinski definition) is 5. The zero-order valence-electron chi connectivity index (χ0n) is 16.6. The van der Waals surface area contributed by atoms with Crippen molar-refractivity contribution in [2.75, 3.05) is 16.2 Å². The standard InChI is InChI=1S/C24H19FN2O3S/c1-31-17-13-11-15(12-14-17)21-20-22(30-27(21)16-7-3-2-4-8-16)24(29)26(23(20)28)19-10-6-5-9-18(19)25/h2-14,20-22H,1H3/t20-,21+,22-/m0/s1. The minimum absolute atomic E-state index is 0.0433. The average molecular weight is 434 g/mol. The number of nitrogens with zero attached hydrogens (tertiary/aromatic N) is 2. The zero-order chi connectivity index (χ0) is 21.5. The van der Waals surface area contributed by atoms with Crippen molar-refractivity contribution in [3.8, 4) is 0 Å². The van der Waals surface area contributed by atoms with Crippen LogP contribution in [0.3, 0.4) is 0 Å². The minimum atomic E-state index is -1.02. The van der Waals surface area contributed by atoms with E-state index in [-0.39, 0.29) is 5.69 Å². The number of anilines is 2. The molecule has 0 aromatic heterocycles. The van der Waals surface area contributed by atoms with Gasteiger partial charge in [0.25, 0.3) is 5.91 Å². The number of carbonyl (C=O) groups is 2. The number of hydroxylamine groups is 1. The van der Waals surface area contributed by atoms with Crippen LogP contribution in [-0.4, -0.2) is 24.2 Å². The summed E-state index contributed by atoms with van der Waals surface area (Å²) in [5.74, 6) is -2.42. The van der Waals surface area contributed by atoms with E-state index in [0.29, 0.717) is 0 Å². The van der Waals surface area contributed by atoms with Crippen LogP contribution in [0.15, 0.2) is 83.8 Å². The van der Waals surface area contributed by atoms with Crippen LogP contribution >= 0.6 is 11.8 Å². The van der Waals surface area contributed by atoms with Gasteiger partial charge in [0.05, 0.1) is 17.4 Å². The Hall–Kier alpha value is -3.16. The van der Waals surface area contributed by atoms with E-state index < -0.39 is 35.7 Å². The van der Waals surface area contributed by atoms with Gasteiger partial charge in [-0.3, -0.25) is 14.4 Å². The Kier molecular flexibility index (Phi) is 5.00. The largest absolute Gasteiger partial charge is 0.273 e. The van der Waals surface area contributed by atoms with Gasteiger partial charge in [-0.1, -0.05) is 42.5 Å². The van der Waals surface area contributed by atoms with Crippen LogP contribution in [0.4, 0.5) is 15.8 Å². The molecule has 3 aromatic rings. The van der Waals surface area contributed by atoms with Crippen molar-refractivity contribution in [3.63, 3.8) is 0 Å². The lowest BCUT2D eigenvalue weighted by Gasteiger charge is -2.29. The summed E-state index contributed by atoms with van der Waals surface area (Å²) in [6, 6.07) is 22.5. The molecule has 0 aliphatic carbocycles. The van der Waals surface area contributed by atoms with Gasteiger partial charge in [0.2, 0.25) is 5.91 Å². The van der Waals surface area contributed by atoms with Crippen LogP contribution in [0.25, 0.3) is 0 Å². The number of thioether (sulfide) groups is 1. The number of fused-ring (bicyclic) bond motifs is 1. The predicted octanol–water partition coefficient (Wildman–Crippen LogP) is 4.60. The smallest absolute Gasteiger partial charge is 0.266 e. The highest BCUT2D eigenvalue weighted by Gasteiger charge is 2.60. The Balaban J connectivity index is 1.59. The Labute approximate surface area is 183 Å². The molecule has 5 nitrogen and oxygen atoms in total. The first-order valence-electron chi connectivity index (χ1n) is 9.87. The molecule has 0 radical (unpaired) electrons. The molecule has 3 atom stereocenters. The third-order valence-corrected chi connectivity index (χ3v) is 6.42. The number of rotatable bonds is 4. The molecule has 2 saturated heterocycles. The molecule has 0 N–H and O–H groups in total. The van der Waals surface area contributed by atoms with E-state index in [4.69, 9.17) is 4.84 Å². The maximum absolute atomic E-state index is 14.4. The summed E-state index contributed by atoms with van der Waals surface area (Å²) >= 11 is 1.62. The lowest BCUT2D eigenvalue weighted by molar-refractivity contribution is -0.126. The van der Waals surface area contributed by atoms with Gasteiger partial charge < -0.3 is 0 Å². The Morgan fingerprint density at radius 2 is 1.55 bits per heavy atom. The van der Waals surface area contributed by atoms with Gasteiger partial charge in [-0.25, -0.2) is 14.4 Å². The quantitative estimate of drug-likeness (QED) is 0.444. The lowest BCUT2D eigenvalue weighted by Crippen LogP contribution is -2.37. The van der Waals surface area contributed by atoms with E-state index in [1.807, 2.05) is 60.9 Å². The van der Waals surface area contributed by atoms with Gasteiger partial charge >= 0.3 is 0 Å². The number of hydrogen-bond donors (Lipinski definition) is 0. The van der Waals surface area contributed by atoms with Crippen molar-refractivity contribution in [1.82, 2.24) is 0 Å². The van der Waals surface area contributed by atoms with Crippen LogP contribution in [0.5, 0.6) is 0 Å². The van der Waals surface area contributed by atoms with Crippen LogP contribution < -0.4 is 9.96 Å². The Morgan fingerprint density at radius 3 is 2.23 bits per heavy atom. The molecule has 31 heavy (non-hydrogen) atoms. The van der Waals surface area contributed by atoms with Crippen LogP contribution in [0.1, 0.15) is 11.6 Å². The Bertz CT molecular complexity index is 1140. The summed E-state index contributed by atoms with van der Waals surface area (Å²) in [4.78, 5) is 34.7. The molecule has 7 heteroatoms. The fourth-order valence-electron chi connectivity index (χ4n) is 4.22. The third-order valence-electron chi connectivity index (χ3n) is 5.68. The highest BCUT2D eigenvalue weighted by molar-refractivity contribution is 7.98. The number of amides is 2. The Morgan fingerprint density at radius 1 is 0.871 bits per heavy atom. The van der Waals surface area contributed by atoms with Crippen LogP contribution in [-0.2, 0) is 14.4 Å². The number of carbonyl (C=O) groups excluding carboxylic acids is 2. The second kappa shape index (κ2) is 7.83. The zero-order valence-corrected chi connectivity index (χ0v) is 17.5. The van der Waals surface area contributed by atoms with Crippen molar-refractivity contribution in [2.24, 2.45) is 5.92 Å². The number of benzene rings is 3. The topological polar surface area (TPSA) is 49.9 Å². The highest BCUT2D eigenvalue weighted by Crippen LogP contribution is 2.47. The number of para-hydroxylation sites is 2. The molecule has 5 rings (SSSR count). The third kappa shape index (κ3) is 3.21. The molecule has 0 saturated carbocycles. The second-order valence-corrected chi connectivity index (χ2v) is 8.27. The van der Waals surface area contributed by atoms with Gasteiger partial charge in [-0.2, -0.15) is 0 Å². The summed E-state index contributed by atoms with van der Waals surface area (Å²) < 4.78 is 14.4. The van der Waals surface area contributed by atoms with E-state index in [9.17, 15) is 14.0 Å². The predicted molar refractivity (Wildman–Crippen MR) is 117 cm³/mol. The van der Waals surface area contributed by atoms with Gasteiger partial charge in [-0.15, -0.1) is 11.8 Å². The van der Waals surface area contributed by atoms with E-state index in [1.54, 1.807) is 22.9 Å². The molecule has 0 spiro atoms. The molecule has 2 heterocycles. The number of imide groups is 1. The number of halogens is 1. The molecular formula is C24H19FN2O3S. The molecular weight excluding hydrogens is 415 g/mol. The molecule has 2 amide bonds. The fourth-order valence-corrected chi connectivity index (χ4v) is 4.63. The maximum Gasteiger partial charge on any atom is 0.266 e. The molecule has 0 bridgehead atoms. The van der Waals surface area contributed by atoms with E-state index in [0.717, 1.165) is 21.0 Å². The van der Waals surface area contributed by atoms with E-state index >= 15 is 0 Å². The first kappa shape index (κ1) is 19.8. The first-order valence-corrected chi connectivity index (χ1v) is 11.1. The lowest BCUT2D eigenvalue weighted by atomic mass is 9.90. The van der Waals surface area contributed by atoms with Gasteiger partial charge in [-0.05, 0) is 48.2 Å². The van der Waals surface area contributed by atoms with E-state index in [1.165, 1.54) is 18.2 Å². The molecule has 2 aliphatic heterocycles. The van der Waals surface area contributed by atoms with Gasteiger partial charge in [0.1, 0.15) is 11.7 Å². The van der Waals surface area contributed by atoms with Crippen molar-refractivity contribution in [2.45, 2.75) is 17.0 Å². The molecule has 3 aromatic carbocycles. The summed E-state index contributed by atoms with van der Waals surface area (Å²) in [6.07, 6.45) is 0.975.